The summed E-state index contributed by atoms with van der Waals surface area (Å²) in [6.45, 7) is 0.788. The second-order valence-corrected chi connectivity index (χ2v) is 5.07. The summed E-state index contributed by atoms with van der Waals surface area (Å²) < 4.78 is 4.89. The fourth-order valence-corrected chi connectivity index (χ4v) is 2.32. The minimum absolute atomic E-state index is 0.0823. The third-order valence-corrected chi connectivity index (χ3v) is 3.52. The molecule has 2 aromatic carbocycles. The number of benzene rings is 2. The molecule has 1 fully saturated rings. The number of nitrogens with zero attached hydrogens (tertiary/aromatic N) is 2. The SMILES string of the molecule is O=C(Nc1cccc(N2CCOC2=O)c1)c1ccc([N+](=O)[O-])cc1. The lowest BCUT2D eigenvalue weighted by Crippen LogP contribution is -2.23. The van der Waals surface area contributed by atoms with Crippen LogP contribution in [0.2, 0.25) is 0 Å². The Kier molecular flexibility index (Phi) is 4.11. The monoisotopic (exact) mass is 327 g/mol. The van der Waals surface area contributed by atoms with Crippen LogP contribution in [0.25, 0.3) is 0 Å². The number of anilines is 2. The number of cyclic esters (lactones) is 1. The molecule has 1 aliphatic rings. The zero-order chi connectivity index (χ0) is 17.1. The maximum atomic E-state index is 12.2. The second-order valence-electron chi connectivity index (χ2n) is 5.07. The lowest BCUT2D eigenvalue weighted by Gasteiger charge is -2.14. The minimum Gasteiger partial charge on any atom is -0.447 e. The lowest BCUT2D eigenvalue weighted by atomic mass is 10.2. The van der Waals surface area contributed by atoms with Gasteiger partial charge in [-0.25, -0.2) is 4.79 Å². The van der Waals surface area contributed by atoms with Crippen molar-refractivity contribution in [2.75, 3.05) is 23.4 Å². The summed E-state index contributed by atoms with van der Waals surface area (Å²) >= 11 is 0. The first-order chi connectivity index (χ1) is 11.5. The van der Waals surface area contributed by atoms with E-state index >= 15 is 0 Å². The van der Waals surface area contributed by atoms with E-state index in [0.29, 0.717) is 30.1 Å². The first kappa shape index (κ1) is 15.5. The number of hydrogen-bond donors (Lipinski definition) is 1. The Balaban J connectivity index is 1.74. The highest BCUT2D eigenvalue weighted by Crippen LogP contribution is 2.23. The molecule has 0 spiro atoms. The molecule has 1 heterocycles. The molecule has 1 N–H and O–H groups in total. The molecule has 0 aromatic heterocycles. The van der Waals surface area contributed by atoms with Crippen LogP contribution in [0, 0.1) is 10.1 Å². The van der Waals surface area contributed by atoms with Crippen LogP contribution < -0.4 is 10.2 Å². The van der Waals surface area contributed by atoms with Gasteiger partial charge in [-0.15, -0.1) is 0 Å². The highest BCUT2D eigenvalue weighted by molar-refractivity contribution is 6.04. The predicted molar refractivity (Wildman–Crippen MR) is 86.2 cm³/mol. The molecule has 0 aliphatic carbocycles. The van der Waals surface area contributed by atoms with Crippen LogP contribution in [-0.4, -0.2) is 30.1 Å². The van der Waals surface area contributed by atoms with E-state index in [1.807, 2.05) is 0 Å². The standard InChI is InChI=1S/C16H13N3O5/c20-15(11-4-6-13(7-5-11)19(22)23)17-12-2-1-3-14(10-12)18-8-9-24-16(18)21/h1-7,10H,8-9H2,(H,17,20). The molecule has 2 amide bonds. The molecule has 24 heavy (non-hydrogen) atoms. The van der Waals surface area contributed by atoms with Crippen LogP contribution >= 0.6 is 0 Å². The summed E-state index contributed by atoms with van der Waals surface area (Å²) in [5, 5.41) is 13.3. The van der Waals surface area contributed by atoms with E-state index in [0.717, 1.165) is 0 Å². The van der Waals surface area contributed by atoms with Crippen molar-refractivity contribution in [3.63, 3.8) is 0 Å². The van der Waals surface area contributed by atoms with E-state index in [2.05, 4.69) is 5.32 Å². The van der Waals surface area contributed by atoms with Gasteiger partial charge in [-0.3, -0.25) is 19.8 Å². The molecule has 0 saturated carbocycles. The summed E-state index contributed by atoms with van der Waals surface area (Å²) in [4.78, 5) is 35.4. The Morgan fingerprint density at radius 3 is 2.58 bits per heavy atom. The summed E-state index contributed by atoms with van der Waals surface area (Å²) in [6.07, 6.45) is -0.422. The number of rotatable bonds is 4. The van der Waals surface area contributed by atoms with Gasteiger partial charge in [-0.2, -0.15) is 0 Å². The molecule has 0 unspecified atom stereocenters. The fourth-order valence-electron chi connectivity index (χ4n) is 2.32. The quantitative estimate of drug-likeness (QED) is 0.687. The van der Waals surface area contributed by atoms with Crippen LogP contribution in [-0.2, 0) is 4.74 Å². The van der Waals surface area contributed by atoms with E-state index in [1.54, 1.807) is 24.3 Å². The fraction of sp³-hybridized carbons (Fsp3) is 0.125. The zero-order valence-electron chi connectivity index (χ0n) is 12.5. The van der Waals surface area contributed by atoms with E-state index in [4.69, 9.17) is 4.74 Å². The van der Waals surface area contributed by atoms with Gasteiger partial charge in [0, 0.05) is 29.1 Å². The lowest BCUT2D eigenvalue weighted by molar-refractivity contribution is -0.384. The van der Waals surface area contributed by atoms with Gasteiger partial charge < -0.3 is 10.1 Å². The highest BCUT2D eigenvalue weighted by Gasteiger charge is 2.23. The number of carbonyl (C=O) groups is 2. The third kappa shape index (κ3) is 3.17. The Labute approximate surface area is 136 Å². The van der Waals surface area contributed by atoms with E-state index in [9.17, 15) is 19.7 Å². The van der Waals surface area contributed by atoms with Gasteiger partial charge in [0.05, 0.1) is 11.5 Å². The van der Waals surface area contributed by atoms with Gasteiger partial charge in [0.2, 0.25) is 0 Å². The molecule has 8 heteroatoms. The van der Waals surface area contributed by atoms with Crippen molar-refractivity contribution >= 4 is 29.1 Å². The average Bonchev–Trinajstić information content (AvgIpc) is 3.01. The van der Waals surface area contributed by atoms with E-state index in [-0.39, 0.29) is 5.69 Å². The van der Waals surface area contributed by atoms with Crippen LogP contribution in [0.15, 0.2) is 48.5 Å². The molecule has 0 atom stereocenters. The second kappa shape index (κ2) is 6.37. The third-order valence-electron chi connectivity index (χ3n) is 3.52. The Morgan fingerprint density at radius 1 is 1.21 bits per heavy atom. The van der Waals surface area contributed by atoms with Crippen molar-refractivity contribution in [1.82, 2.24) is 0 Å². The van der Waals surface area contributed by atoms with Crippen LogP contribution in [0.3, 0.4) is 0 Å². The highest BCUT2D eigenvalue weighted by atomic mass is 16.6. The Hall–Kier alpha value is -3.42. The molecular weight excluding hydrogens is 314 g/mol. The van der Waals surface area contributed by atoms with E-state index in [1.165, 1.54) is 29.2 Å². The molecule has 1 aliphatic heterocycles. The largest absolute Gasteiger partial charge is 0.447 e. The van der Waals surface area contributed by atoms with Crippen molar-refractivity contribution in [2.24, 2.45) is 0 Å². The number of amides is 2. The summed E-state index contributed by atoms with van der Waals surface area (Å²) in [5.74, 6) is -0.397. The maximum Gasteiger partial charge on any atom is 0.414 e. The van der Waals surface area contributed by atoms with Gasteiger partial charge >= 0.3 is 6.09 Å². The van der Waals surface area contributed by atoms with Gasteiger partial charge in [0.1, 0.15) is 6.61 Å². The van der Waals surface area contributed by atoms with Gasteiger partial charge in [0.25, 0.3) is 11.6 Å². The van der Waals surface area contributed by atoms with Crippen LogP contribution in [0.4, 0.5) is 21.9 Å². The number of carbonyl (C=O) groups excluding carboxylic acids is 2. The van der Waals surface area contributed by atoms with Crippen molar-refractivity contribution in [2.45, 2.75) is 0 Å². The number of hydrogen-bond acceptors (Lipinski definition) is 5. The Morgan fingerprint density at radius 2 is 1.96 bits per heavy atom. The van der Waals surface area contributed by atoms with Crippen LogP contribution in [0.5, 0.6) is 0 Å². The number of nitro groups is 1. The van der Waals surface area contributed by atoms with Gasteiger partial charge in [0.15, 0.2) is 0 Å². The summed E-state index contributed by atoms with van der Waals surface area (Å²) in [5.41, 5.74) is 1.35. The van der Waals surface area contributed by atoms with Crippen molar-refractivity contribution in [3.8, 4) is 0 Å². The zero-order valence-corrected chi connectivity index (χ0v) is 12.5. The maximum absolute atomic E-state index is 12.2. The van der Waals surface area contributed by atoms with E-state index < -0.39 is 16.9 Å². The predicted octanol–water partition coefficient (Wildman–Crippen LogP) is 2.80. The molecule has 0 bridgehead atoms. The first-order valence-corrected chi connectivity index (χ1v) is 7.15. The van der Waals surface area contributed by atoms with Crippen molar-refractivity contribution < 1.29 is 19.2 Å². The molecule has 8 nitrogen and oxygen atoms in total. The minimum atomic E-state index is -0.527. The van der Waals surface area contributed by atoms with Crippen LogP contribution in [0.1, 0.15) is 10.4 Å². The molecular formula is C16H13N3O5. The average molecular weight is 327 g/mol. The summed E-state index contributed by atoms with van der Waals surface area (Å²) in [7, 11) is 0. The Bertz CT molecular complexity index is 804. The smallest absolute Gasteiger partial charge is 0.414 e. The molecule has 122 valence electrons. The summed E-state index contributed by atoms with van der Waals surface area (Å²) in [6, 6.07) is 12.1. The number of non-ortho nitro benzene ring substituents is 1. The van der Waals surface area contributed by atoms with Crippen molar-refractivity contribution in [3.05, 3.63) is 64.2 Å². The normalized spacial score (nSPS) is 13.5. The molecule has 2 aromatic rings. The number of nitro benzene ring substituents is 1. The number of ether oxygens (including phenoxy) is 1. The molecule has 0 radical (unpaired) electrons. The van der Waals surface area contributed by atoms with Gasteiger partial charge in [-0.1, -0.05) is 6.07 Å². The molecule has 1 saturated heterocycles. The number of nitrogens with one attached hydrogen (secondary N) is 1. The topological polar surface area (TPSA) is 102 Å². The first-order valence-electron chi connectivity index (χ1n) is 7.15. The molecule has 3 rings (SSSR count). The van der Waals surface area contributed by atoms with Crippen molar-refractivity contribution in [1.29, 1.82) is 0 Å². The van der Waals surface area contributed by atoms with Gasteiger partial charge in [-0.05, 0) is 30.3 Å².